The molecule has 0 spiro atoms. The highest BCUT2D eigenvalue weighted by molar-refractivity contribution is 5.73. The zero-order chi connectivity index (χ0) is 15.3. The first-order valence-electron chi connectivity index (χ1n) is 8.17. The Kier molecular flexibility index (Phi) is 9.33. The van der Waals surface area contributed by atoms with Gasteiger partial charge in [-0.25, -0.2) is 9.67 Å². The van der Waals surface area contributed by atoms with Crippen LogP contribution in [-0.4, -0.2) is 27.3 Å². The number of carbonyl (C=O) groups excluding carboxylic acids is 2. The van der Waals surface area contributed by atoms with Gasteiger partial charge in [-0.3, -0.25) is 9.59 Å². The van der Waals surface area contributed by atoms with Gasteiger partial charge in [0.15, 0.2) is 18.4 Å². The first-order chi connectivity index (χ1) is 10.3. The predicted octanol–water partition coefficient (Wildman–Crippen LogP) is 3.82. The van der Waals surface area contributed by atoms with Crippen LogP contribution in [-0.2, 0) is 6.54 Å². The topological polar surface area (TPSA) is 64.8 Å². The monoisotopic (exact) mass is 293 g/mol. The number of aldehydes is 2. The molecular formula is C16H27N3O2. The van der Waals surface area contributed by atoms with Crippen molar-refractivity contribution < 1.29 is 9.59 Å². The minimum Gasteiger partial charge on any atom is -0.294 e. The van der Waals surface area contributed by atoms with E-state index < -0.39 is 0 Å². The Hall–Kier alpha value is -1.52. The van der Waals surface area contributed by atoms with E-state index in [1.54, 1.807) is 0 Å². The van der Waals surface area contributed by atoms with Gasteiger partial charge >= 0.3 is 0 Å². The van der Waals surface area contributed by atoms with Crippen LogP contribution in [0, 0.1) is 0 Å². The van der Waals surface area contributed by atoms with E-state index in [4.69, 9.17) is 0 Å². The van der Waals surface area contributed by atoms with Crippen molar-refractivity contribution in [2.24, 2.45) is 0 Å². The van der Waals surface area contributed by atoms with E-state index in [-0.39, 0.29) is 11.6 Å². The Bertz CT molecular complexity index is 416. The van der Waals surface area contributed by atoms with Gasteiger partial charge in [0, 0.05) is 6.54 Å². The van der Waals surface area contributed by atoms with E-state index in [1.165, 1.54) is 56.0 Å². The van der Waals surface area contributed by atoms with Gasteiger partial charge in [0.2, 0.25) is 5.82 Å². The molecule has 1 aromatic heterocycles. The lowest BCUT2D eigenvalue weighted by Gasteiger charge is -2.03. The first-order valence-corrected chi connectivity index (χ1v) is 8.17. The van der Waals surface area contributed by atoms with Crippen LogP contribution in [0.5, 0.6) is 0 Å². The molecule has 0 aromatic carbocycles. The number of carbonyl (C=O) groups is 2. The largest absolute Gasteiger partial charge is 0.294 e. The Morgan fingerprint density at radius 2 is 1.43 bits per heavy atom. The summed E-state index contributed by atoms with van der Waals surface area (Å²) >= 11 is 0. The third-order valence-corrected chi connectivity index (χ3v) is 3.65. The molecule has 0 unspecified atom stereocenters. The second-order valence-corrected chi connectivity index (χ2v) is 5.47. The average Bonchev–Trinajstić information content (AvgIpc) is 2.91. The van der Waals surface area contributed by atoms with Crippen LogP contribution >= 0.6 is 0 Å². The van der Waals surface area contributed by atoms with Gasteiger partial charge in [-0.1, -0.05) is 64.7 Å². The molecule has 0 bridgehead atoms. The number of hydrogen-bond donors (Lipinski definition) is 0. The maximum absolute atomic E-state index is 10.8. The minimum atomic E-state index is 0.0872. The second kappa shape index (κ2) is 11.2. The number of aryl methyl sites for hydroxylation is 1. The van der Waals surface area contributed by atoms with Crippen LogP contribution in [0.2, 0.25) is 0 Å². The van der Waals surface area contributed by atoms with E-state index in [0.717, 1.165) is 12.8 Å². The smallest absolute Gasteiger partial charge is 0.214 e. The summed E-state index contributed by atoms with van der Waals surface area (Å²) in [5.74, 6) is 0.331. The normalized spacial score (nSPS) is 10.7. The molecule has 1 aromatic rings. The molecular weight excluding hydrogens is 266 g/mol. The summed E-state index contributed by atoms with van der Waals surface area (Å²) in [5, 5.41) is 3.98. The highest BCUT2D eigenvalue weighted by Crippen LogP contribution is 2.11. The standard InChI is InChI=1S/C16H27N3O2/c1-2-3-4-5-6-7-8-9-10-11-12-19-16(14-21)17-15(13-20)18-19/h13-14H,2-12H2,1H3. The fourth-order valence-electron chi connectivity index (χ4n) is 2.42. The van der Waals surface area contributed by atoms with E-state index in [1.807, 2.05) is 0 Å². The molecule has 1 rings (SSSR count). The van der Waals surface area contributed by atoms with Crippen molar-refractivity contribution in [3.05, 3.63) is 11.6 Å². The van der Waals surface area contributed by atoms with Gasteiger partial charge in [-0.2, -0.15) is 0 Å². The molecule has 118 valence electrons. The van der Waals surface area contributed by atoms with Crippen LogP contribution < -0.4 is 0 Å². The molecule has 1 heterocycles. The highest BCUT2D eigenvalue weighted by atomic mass is 16.1. The van der Waals surface area contributed by atoms with Gasteiger partial charge in [0.05, 0.1) is 0 Å². The minimum absolute atomic E-state index is 0.0872. The van der Waals surface area contributed by atoms with E-state index in [0.29, 0.717) is 19.1 Å². The summed E-state index contributed by atoms with van der Waals surface area (Å²) in [4.78, 5) is 25.2. The quantitative estimate of drug-likeness (QED) is 0.409. The molecule has 0 fully saturated rings. The van der Waals surface area contributed by atoms with E-state index in [2.05, 4.69) is 17.0 Å². The van der Waals surface area contributed by atoms with E-state index in [9.17, 15) is 9.59 Å². The number of rotatable bonds is 13. The van der Waals surface area contributed by atoms with Gasteiger partial charge in [-0.15, -0.1) is 5.10 Å². The number of unbranched alkanes of at least 4 members (excludes halogenated alkanes) is 9. The van der Waals surface area contributed by atoms with Crippen LogP contribution in [0.25, 0.3) is 0 Å². The second-order valence-electron chi connectivity index (χ2n) is 5.47. The lowest BCUT2D eigenvalue weighted by Crippen LogP contribution is -2.05. The van der Waals surface area contributed by atoms with Crippen molar-refractivity contribution in [1.82, 2.24) is 14.8 Å². The fraction of sp³-hybridized carbons (Fsp3) is 0.750. The summed E-state index contributed by atoms with van der Waals surface area (Å²) in [6.45, 7) is 2.90. The molecule has 0 atom stereocenters. The number of aromatic nitrogens is 3. The Morgan fingerprint density at radius 3 is 1.95 bits per heavy atom. The molecule has 21 heavy (non-hydrogen) atoms. The highest BCUT2D eigenvalue weighted by Gasteiger charge is 2.07. The van der Waals surface area contributed by atoms with Gasteiger partial charge in [0.1, 0.15) is 0 Å². The molecule has 0 N–H and O–H groups in total. The molecule has 0 aliphatic carbocycles. The Morgan fingerprint density at radius 1 is 0.857 bits per heavy atom. The van der Waals surface area contributed by atoms with Crippen molar-refractivity contribution >= 4 is 12.6 Å². The summed E-state index contributed by atoms with van der Waals surface area (Å²) in [7, 11) is 0. The third kappa shape index (κ3) is 7.16. The van der Waals surface area contributed by atoms with Crippen molar-refractivity contribution in [3.8, 4) is 0 Å². The summed E-state index contributed by atoms with van der Waals surface area (Å²) in [5.41, 5.74) is 0. The Labute approximate surface area is 127 Å². The van der Waals surface area contributed by atoms with Gasteiger partial charge in [0.25, 0.3) is 0 Å². The van der Waals surface area contributed by atoms with Gasteiger partial charge < -0.3 is 0 Å². The molecule has 5 nitrogen and oxygen atoms in total. The zero-order valence-electron chi connectivity index (χ0n) is 13.1. The molecule has 0 saturated heterocycles. The van der Waals surface area contributed by atoms with Crippen molar-refractivity contribution in [2.45, 2.75) is 77.7 Å². The third-order valence-electron chi connectivity index (χ3n) is 3.65. The molecule has 5 heteroatoms. The maximum Gasteiger partial charge on any atom is 0.214 e. The van der Waals surface area contributed by atoms with Crippen molar-refractivity contribution in [1.29, 1.82) is 0 Å². The lowest BCUT2D eigenvalue weighted by molar-refractivity contribution is 0.110. The van der Waals surface area contributed by atoms with E-state index >= 15 is 0 Å². The maximum atomic E-state index is 10.8. The molecule has 0 aliphatic heterocycles. The van der Waals surface area contributed by atoms with Crippen LogP contribution in [0.4, 0.5) is 0 Å². The van der Waals surface area contributed by atoms with Gasteiger partial charge in [-0.05, 0) is 6.42 Å². The predicted molar refractivity (Wildman–Crippen MR) is 82.6 cm³/mol. The zero-order valence-corrected chi connectivity index (χ0v) is 13.1. The molecule has 0 aliphatic rings. The fourth-order valence-corrected chi connectivity index (χ4v) is 2.42. The molecule has 0 radical (unpaired) electrons. The summed E-state index contributed by atoms with van der Waals surface area (Å²) < 4.78 is 1.53. The first kappa shape index (κ1) is 17.5. The SMILES string of the molecule is CCCCCCCCCCCCn1nc(C=O)nc1C=O. The number of nitrogens with zero attached hydrogens (tertiary/aromatic N) is 3. The summed E-state index contributed by atoms with van der Waals surface area (Å²) in [6, 6.07) is 0. The Balaban J connectivity index is 2.05. The molecule has 0 saturated carbocycles. The van der Waals surface area contributed by atoms with Crippen molar-refractivity contribution in [2.75, 3.05) is 0 Å². The van der Waals surface area contributed by atoms with Crippen LogP contribution in [0.1, 0.15) is 92.4 Å². The average molecular weight is 293 g/mol. The van der Waals surface area contributed by atoms with Crippen LogP contribution in [0.15, 0.2) is 0 Å². The van der Waals surface area contributed by atoms with Crippen LogP contribution in [0.3, 0.4) is 0 Å². The lowest BCUT2D eigenvalue weighted by atomic mass is 10.1. The molecule has 0 amide bonds. The summed E-state index contributed by atoms with van der Waals surface area (Å²) in [6.07, 6.45) is 13.9. The number of hydrogen-bond acceptors (Lipinski definition) is 4. The van der Waals surface area contributed by atoms with Crippen molar-refractivity contribution in [3.63, 3.8) is 0 Å².